The Morgan fingerprint density at radius 1 is 1.54 bits per heavy atom. The fourth-order valence-electron chi connectivity index (χ4n) is 1.39. The average molecular weight is 242 g/mol. The molecule has 1 atom stereocenters. The molecule has 0 aromatic carbocycles. The molecule has 1 heterocycles. The summed E-state index contributed by atoms with van der Waals surface area (Å²) in [5, 5.41) is 9.66. The van der Waals surface area contributed by atoms with Crippen LogP contribution in [0.25, 0.3) is 0 Å². The van der Waals surface area contributed by atoms with E-state index in [1.807, 2.05) is 12.1 Å². The van der Waals surface area contributed by atoms with Crippen LogP contribution in [0.1, 0.15) is 18.5 Å². The van der Waals surface area contributed by atoms with Crippen LogP contribution < -0.4 is 0 Å². The number of hydrogen-bond acceptors (Lipinski definition) is 2. The minimum absolute atomic E-state index is 0.186. The Kier molecular flexibility index (Phi) is 2.65. The molecule has 1 aliphatic carbocycles. The zero-order valence-electron chi connectivity index (χ0n) is 7.28. The van der Waals surface area contributed by atoms with Crippen LogP contribution in [0.2, 0.25) is 0 Å². The van der Waals surface area contributed by atoms with Gasteiger partial charge in [-0.15, -0.1) is 0 Å². The molecular weight excluding hydrogens is 230 g/mol. The van der Waals surface area contributed by atoms with E-state index in [0.717, 1.165) is 10.2 Å². The zero-order valence-corrected chi connectivity index (χ0v) is 8.87. The van der Waals surface area contributed by atoms with E-state index in [1.54, 1.807) is 6.20 Å². The SMILES string of the molecule is OC(Cc1ccc(Br)cn1)C1CC1. The molecule has 1 saturated carbocycles. The van der Waals surface area contributed by atoms with Crippen LogP contribution in [0.15, 0.2) is 22.8 Å². The normalized spacial score (nSPS) is 18.6. The molecule has 3 heteroatoms. The summed E-state index contributed by atoms with van der Waals surface area (Å²) in [5.74, 6) is 0.533. The summed E-state index contributed by atoms with van der Waals surface area (Å²) in [7, 11) is 0. The van der Waals surface area contributed by atoms with Crippen LogP contribution in [0, 0.1) is 5.92 Å². The van der Waals surface area contributed by atoms with Crippen molar-refractivity contribution in [1.82, 2.24) is 4.98 Å². The maximum atomic E-state index is 9.66. The van der Waals surface area contributed by atoms with Crippen LogP contribution in [-0.4, -0.2) is 16.2 Å². The first kappa shape index (κ1) is 9.16. The molecular formula is C10H12BrNO. The van der Waals surface area contributed by atoms with Gasteiger partial charge >= 0.3 is 0 Å². The quantitative estimate of drug-likeness (QED) is 0.880. The van der Waals surface area contributed by atoms with Gasteiger partial charge in [-0.05, 0) is 46.8 Å². The lowest BCUT2D eigenvalue weighted by atomic mass is 10.1. The van der Waals surface area contributed by atoms with Crippen LogP contribution in [0.5, 0.6) is 0 Å². The molecule has 1 aromatic heterocycles. The van der Waals surface area contributed by atoms with Crippen molar-refractivity contribution in [2.45, 2.75) is 25.4 Å². The van der Waals surface area contributed by atoms with Gasteiger partial charge in [0.05, 0.1) is 6.10 Å². The average Bonchev–Trinajstić information content (AvgIpc) is 2.91. The van der Waals surface area contributed by atoms with Gasteiger partial charge in [-0.25, -0.2) is 0 Å². The van der Waals surface area contributed by atoms with Crippen molar-refractivity contribution in [2.75, 3.05) is 0 Å². The maximum absolute atomic E-state index is 9.66. The summed E-state index contributed by atoms with van der Waals surface area (Å²) < 4.78 is 0.983. The van der Waals surface area contributed by atoms with E-state index in [2.05, 4.69) is 20.9 Å². The van der Waals surface area contributed by atoms with E-state index in [9.17, 15) is 5.11 Å². The second-order valence-corrected chi connectivity index (χ2v) is 4.49. The monoisotopic (exact) mass is 241 g/mol. The molecule has 0 aliphatic heterocycles. The molecule has 70 valence electrons. The number of halogens is 1. The highest BCUT2D eigenvalue weighted by Gasteiger charge is 2.29. The summed E-state index contributed by atoms with van der Waals surface area (Å²) in [4.78, 5) is 4.22. The van der Waals surface area contributed by atoms with E-state index in [-0.39, 0.29) is 6.10 Å². The summed E-state index contributed by atoms with van der Waals surface area (Å²) in [6.45, 7) is 0. The Morgan fingerprint density at radius 3 is 2.85 bits per heavy atom. The van der Waals surface area contributed by atoms with Crippen LogP contribution in [0.4, 0.5) is 0 Å². The third-order valence-electron chi connectivity index (χ3n) is 2.37. The minimum atomic E-state index is -0.186. The van der Waals surface area contributed by atoms with Gasteiger partial charge in [-0.3, -0.25) is 4.98 Å². The number of pyridine rings is 1. The fourth-order valence-corrected chi connectivity index (χ4v) is 1.62. The van der Waals surface area contributed by atoms with Crippen molar-refractivity contribution < 1.29 is 5.11 Å². The highest BCUT2D eigenvalue weighted by atomic mass is 79.9. The molecule has 1 aliphatic rings. The van der Waals surface area contributed by atoms with Crippen molar-refractivity contribution in [2.24, 2.45) is 5.92 Å². The second-order valence-electron chi connectivity index (χ2n) is 3.58. The number of hydrogen-bond donors (Lipinski definition) is 1. The third-order valence-corrected chi connectivity index (χ3v) is 2.84. The summed E-state index contributed by atoms with van der Waals surface area (Å²) in [5.41, 5.74) is 0.975. The molecule has 1 fully saturated rings. The van der Waals surface area contributed by atoms with E-state index < -0.39 is 0 Å². The molecule has 1 N–H and O–H groups in total. The summed E-state index contributed by atoms with van der Waals surface area (Å²) >= 11 is 3.33. The molecule has 13 heavy (non-hydrogen) atoms. The molecule has 2 nitrogen and oxygen atoms in total. The molecule has 0 radical (unpaired) electrons. The Morgan fingerprint density at radius 2 is 2.31 bits per heavy atom. The van der Waals surface area contributed by atoms with E-state index >= 15 is 0 Å². The highest BCUT2D eigenvalue weighted by Crippen LogP contribution is 2.33. The van der Waals surface area contributed by atoms with Crippen molar-refractivity contribution in [1.29, 1.82) is 0 Å². The van der Waals surface area contributed by atoms with Crippen molar-refractivity contribution in [3.63, 3.8) is 0 Å². The van der Waals surface area contributed by atoms with Crippen LogP contribution in [-0.2, 0) is 6.42 Å². The maximum Gasteiger partial charge on any atom is 0.0623 e. The third kappa shape index (κ3) is 2.51. The topological polar surface area (TPSA) is 33.1 Å². The minimum Gasteiger partial charge on any atom is -0.392 e. The van der Waals surface area contributed by atoms with Gasteiger partial charge in [-0.1, -0.05) is 0 Å². The Balaban J connectivity index is 1.96. The second kappa shape index (κ2) is 3.76. The van der Waals surface area contributed by atoms with E-state index in [0.29, 0.717) is 12.3 Å². The van der Waals surface area contributed by atoms with E-state index in [4.69, 9.17) is 0 Å². The molecule has 0 amide bonds. The van der Waals surface area contributed by atoms with Gasteiger partial charge in [0.15, 0.2) is 0 Å². The predicted molar refractivity (Wildman–Crippen MR) is 54.4 cm³/mol. The number of rotatable bonds is 3. The molecule has 0 saturated heterocycles. The van der Waals surface area contributed by atoms with Gasteiger partial charge in [0.2, 0.25) is 0 Å². The molecule has 2 rings (SSSR count). The molecule has 1 aromatic rings. The first-order valence-electron chi connectivity index (χ1n) is 4.54. The number of aliphatic hydroxyl groups is 1. The van der Waals surface area contributed by atoms with Gasteiger partial charge in [0.1, 0.15) is 0 Å². The van der Waals surface area contributed by atoms with Crippen LogP contribution >= 0.6 is 15.9 Å². The van der Waals surface area contributed by atoms with Gasteiger partial charge in [-0.2, -0.15) is 0 Å². The highest BCUT2D eigenvalue weighted by molar-refractivity contribution is 9.10. The Bertz CT molecular complexity index is 281. The van der Waals surface area contributed by atoms with Gasteiger partial charge < -0.3 is 5.11 Å². The predicted octanol–water partition coefficient (Wildman–Crippen LogP) is 2.16. The molecule has 0 bridgehead atoms. The largest absolute Gasteiger partial charge is 0.392 e. The van der Waals surface area contributed by atoms with Crippen molar-refractivity contribution >= 4 is 15.9 Å². The van der Waals surface area contributed by atoms with Gasteiger partial charge in [0.25, 0.3) is 0 Å². The zero-order chi connectivity index (χ0) is 9.26. The number of nitrogens with zero attached hydrogens (tertiary/aromatic N) is 1. The molecule has 0 spiro atoms. The lowest BCUT2D eigenvalue weighted by Gasteiger charge is -2.07. The number of aromatic nitrogens is 1. The summed E-state index contributed by atoms with van der Waals surface area (Å²) in [6.07, 6.45) is 4.64. The smallest absolute Gasteiger partial charge is 0.0623 e. The van der Waals surface area contributed by atoms with Gasteiger partial charge in [0, 0.05) is 22.8 Å². The lowest BCUT2D eigenvalue weighted by Crippen LogP contribution is -2.13. The first-order chi connectivity index (χ1) is 6.25. The van der Waals surface area contributed by atoms with Crippen molar-refractivity contribution in [3.8, 4) is 0 Å². The van der Waals surface area contributed by atoms with Crippen molar-refractivity contribution in [3.05, 3.63) is 28.5 Å². The van der Waals surface area contributed by atoms with E-state index in [1.165, 1.54) is 12.8 Å². The Hall–Kier alpha value is -0.410. The van der Waals surface area contributed by atoms with Crippen LogP contribution in [0.3, 0.4) is 0 Å². The standard InChI is InChI=1S/C10H12BrNO/c11-8-3-4-9(12-6-8)5-10(13)7-1-2-7/h3-4,6-7,10,13H,1-2,5H2. The summed E-state index contributed by atoms with van der Waals surface area (Å²) in [6, 6.07) is 3.91. The fraction of sp³-hybridized carbons (Fsp3) is 0.500. The Labute approximate surface area is 86.1 Å². The first-order valence-corrected chi connectivity index (χ1v) is 5.33. The molecule has 1 unspecified atom stereocenters. The number of aliphatic hydroxyl groups excluding tert-OH is 1. The lowest BCUT2D eigenvalue weighted by molar-refractivity contribution is 0.150.